The molecule has 1 aromatic rings. The molecule has 0 aliphatic carbocycles. The number of carbonyl (C=O) groups is 2. The Kier molecular flexibility index (Phi) is 3.48. The van der Waals surface area contributed by atoms with E-state index in [1.807, 2.05) is 0 Å². The molecule has 9 heteroatoms. The van der Waals surface area contributed by atoms with Crippen LogP contribution in [0, 0.1) is 5.92 Å². The van der Waals surface area contributed by atoms with E-state index in [9.17, 15) is 23.1 Å². The molecular weight excluding hydrogens is 314 g/mol. The fourth-order valence-electron chi connectivity index (χ4n) is 3.36. The molecule has 8 nitrogen and oxygen atoms in total. The number of rotatable bonds is 4. The average molecular weight is 329 g/mol. The Hall–Kier alpha value is -1.87. The second-order valence-electron chi connectivity index (χ2n) is 5.46. The van der Waals surface area contributed by atoms with Gasteiger partial charge >= 0.3 is 11.9 Å². The first-order valence-corrected chi connectivity index (χ1v) is 8.23. The second kappa shape index (κ2) is 5.10. The fraction of sp³-hybridized carbons (Fsp3) is 0.538. The Morgan fingerprint density at radius 2 is 2.14 bits per heavy atom. The van der Waals surface area contributed by atoms with Gasteiger partial charge in [0.1, 0.15) is 6.26 Å². The van der Waals surface area contributed by atoms with Gasteiger partial charge in [0.15, 0.2) is 0 Å². The normalized spacial score (nSPS) is 28.0. The number of carboxylic acids is 1. The van der Waals surface area contributed by atoms with Crippen LogP contribution in [0.15, 0.2) is 21.8 Å². The zero-order valence-electron chi connectivity index (χ0n) is 11.8. The minimum atomic E-state index is -3.97. The van der Waals surface area contributed by atoms with E-state index in [0.29, 0.717) is 19.3 Å². The number of aliphatic carboxylic acids is 1. The van der Waals surface area contributed by atoms with Gasteiger partial charge < -0.3 is 14.3 Å². The first kappa shape index (κ1) is 15.0. The molecule has 3 heterocycles. The van der Waals surface area contributed by atoms with E-state index in [-0.39, 0.29) is 16.7 Å². The molecule has 0 saturated carbocycles. The molecule has 1 aromatic heterocycles. The summed E-state index contributed by atoms with van der Waals surface area (Å²) in [7, 11) is -2.78. The van der Waals surface area contributed by atoms with Crippen molar-refractivity contribution < 1.29 is 32.3 Å². The Bertz CT molecular complexity index is 723. The summed E-state index contributed by atoms with van der Waals surface area (Å²) in [4.78, 5) is 22.6. The summed E-state index contributed by atoms with van der Waals surface area (Å²) in [6.45, 7) is 0. The lowest BCUT2D eigenvalue weighted by Gasteiger charge is -2.20. The molecule has 120 valence electrons. The maximum atomic E-state index is 12.7. The number of methoxy groups -OCH3 is 1. The summed E-state index contributed by atoms with van der Waals surface area (Å²) < 4.78 is 36.1. The summed E-state index contributed by atoms with van der Waals surface area (Å²) in [6.07, 6.45) is 2.48. The number of carbonyl (C=O) groups excluding carboxylic acids is 1. The van der Waals surface area contributed by atoms with Crippen molar-refractivity contribution in [1.82, 2.24) is 4.31 Å². The van der Waals surface area contributed by atoms with Gasteiger partial charge in [0.2, 0.25) is 5.09 Å². The molecule has 2 bridgehead atoms. The number of nitrogens with zero attached hydrogens (tertiary/aromatic N) is 1. The van der Waals surface area contributed by atoms with Crippen LogP contribution in [0.1, 0.15) is 29.6 Å². The predicted octanol–water partition coefficient (Wildman–Crippen LogP) is 0.692. The molecule has 2 saturated heterocycles. The van der Waals surface area contributed by atoms with Crippen molar-refractivity contribution in [3.8, 4) is 0 Å². The Labute approximate surface area is 126 Å². The van der Waals surface area contributed by atoms with E-state index < -0.39 is 33.9 Å². The number of furan rings is 1. The molecule has 2 aliphatic heterocycles. The molecule has 22 heavy (non-hydrogen) atoms. The van der Waals surface area contributed by atoms with Gasteiger partial charge in [-0.25, -0.2) is 13.2 Å². The number of fused-ring (bicyclic) bond motifs is 2. The monoisotopic (exact) mass is 329 g/mol. The highest BCUT2D eigenvalue weighted by Gasteiger charge is 2.55. The largest absolute Gasteiger partial charge is 0.481 e. The molecule has 3 atom stereocenters. The van der Waals surface area contributed by atoms with Gasteiger partial charge in [-0.2, -0.15) is 4.31 Å². The lowest BCUT2D eigenvalue weighted by molar-refractivity contribution is -0.142. The SMILES string of the molecule is COC(=O)c1coc(S(=O)(=O)N2C3CCC2C(C(=O)O)C3)c1. The van der Waals surface area contributed by atoms with Gasteiger partial charge in [-0.1, -0.05) is 0 Å². The number of hydrogen-bond acceptors (Lipinski definition) is 6. The van der Waals surface area contributed by atoms with Crippen molar-refractivity contribution in [3.63, 3.8) is 0 Å². The molecule has 0 aromatic carbocycles. The third kappa shape index (κ3) is 2.12. The summed E-state index contributed by atoms with van der Waals surface area (Å²) in [5.74, 6) is -2.37. The predicted molar refractivity (Wildman–Crippen MR) is 71.6 cm³/mol. The van der Waals surface area contributed by atoms with Crippen LogP contribution in [0.3, 0.4) is 0 Å². The number of sulfonamides is 1. The summed E-state index contributed by atoms with van der Waals surface area (Å²) in [5, 5.41) is 8.83. The van der Waals surface area contributed by atoms with Gasteiger partial charge in [0.25, 0.3) is 10.0 Å². The molecule has 1 N–H and O–H groups in total. The molecule has 3 unspecified atom stereocenters. The summed E-state index contributed by atoms with van der Waals surface area (Å²) in [6, 6.07) is 0.219. The van der Waals surface area contributed by atoms with Crippen LogP contribution in [0.2, 0.25) is 0 Å². The van der Waals surface area contributed by atoms with Crippen LogP contribution in [0.4, 0.5) is 0 Å². The van der Waals surface area contributed by atoms with Crippen LogP contribution in [0.25, 0.3) is 0 Å². The second-order valence-corrected chi connectivity index (χ2v) is 7.23. The highest BCUT2D eigenvalue weighted by molar-refractivity contribution is 7.89. The van der Waals surface area contributed by atoms with E-state index in [2.05, 4.69) is 4.74 Å². The highest BCUT2D eigenvalue weighted by Crippen LogP contribution is 2.45. The number of ether oxygens (including phenoxy) is 1. The van der Waals surface area contributed by atoms with Crippen LogP contribution in [0.5, 0.6) is 0 Å². The first-order chi connectivity index (χ1) is 10.4. The fourth-order valence-corrected chi connectivity index (χ4v) is 5.21. The zero-order chi connectivity index (χ0) is 16.1. The van der Waals surface area contributed by atoms with Gasteiger partial charge in [-0.05, 0) is 19.3 Å². The van der Waals surface area contributed by atoms with E-state index in [1.54, 1.807) is 0 Å². The van der Waals surface area contributed by atoms with Crippen molar-refractivity contribution in [3.05, 3.63) is 17.9 Å². The average Bonchev–Trinajstić information content (AvgIpc) is 3.19. The van der Waals surface area contributed by atoms with E-state index >= 15 is 0 Å². The van der Waals surface area contributed by atoms with E-state index in [4.69, 9.17) is 4.42 Å². The van der Waals surface area contributed by atoms with E-state index in [1.165, 1.54) is 11.4 Å². The van der Waals surface area contributed by atoms with Crippen molar-refractivity contribution in [2.45, 2.75) is 36.4 Å². The van der Waals surface area contributed by atoms with Crippen molar-refractivity contribution in [2.75, 3.05) is 7.11 Å². The maximum Gasteiger partial charge on any atom is 0.341 e. The quantitative estimate of drug-likeness (QED) is 0.808. The standard InChI is InChI=1S/C13H15NO7S/c1-20-13(17)7-4-11(21-6-7)22(18,19)14-8-2-3-10(14)9(5-8)12(15)16/h4,6,8-10H,2-3,5H2,1H3,(H,15,16). The van der Waals surface area contributed by atoms with Crippen LogP contribution >= 0.6 is 0 Å². The third-order valence-corrected chi connectivity index (χ3v) is 6.16. The van der Waals surface area contributed by atoms with Gasteiger partial charge in [0.05, 0.1) is 18.6 Å². The minimum Gasteiger partial charge on any atom is -0.481 e. The molecule has 3 rings (SSSR count). The first-order valence-electron chi connectivity index (χ1n) is 6.79. The summed E-state index contributed by atoms with van der Waals surface area (Å²) >= 11 is 0. The molecule has 2 aliphatic rings. The highest BCUT2D eigenvalue weighted by atomic mass is 32.2. The van der Waals surface area contributed by atoms with Gasteiger partial charge in [-0.15, -0.1) is 0 Å². The van der Waals surface area contributed by atoms with Crippen molar-refractivity contribution >= 4 is 22.0 Å². The zero-order valence-corrected chi connectivity index (χ0v) is 12.6. The molecular formula is C13H15NO7S. The lowest BCUT2D eigenvalue weighted by atomic mass is 9.89. The van der Waals surface area contributed by atoms with Crippen molar-refractivity contribution in [2.24, 2.45) is 5.92 Å². The van der Waals surface area contributed by atoms with Crippen molar-refractivity contribution in [1.29, 1.82) is 0 Å². The Morgan fingerprint density at radius 3 is 2.73 bits per heavy atom. The third-order valence-electron chi connectivity index (χ3n) is 4.32. The number of carboxylic acid groups (broad SMARTS) is 1. The maximum absolute atomic E-state index is 12.7. The van der Waals surface area contributed by atoms with Crippen LogP contribution < -0.4 is 0 Å². The number of hydrogen-bond donors (Lipinski definition) is 1. The summed E-state index contributed by atoms with van der Waals surface area (Å²) in [5.41, 5.74) is 0.00223. The molecule has 0 spiro atoms. The molecule has 0 radical (unpaired) electrons. The molecule has 0 amide bonds. The lowest BCUT2D eigenvalue weighted by Crippen LogP contribution is -2.37. The van der Waals surface area contributed by atoms with Gasteiger partial charge in [0, 0.05) is 18.2 Å². The Morgan fingerprint density at radius 1 is 1.41 bits per heavy atom. The smallest absolute Gasteiger partial charge is 0.341 e. The van der Waals surface area contributed by atoms with Gasteiger partial charge in [-0.3, -0.25) is 4.79 Å². The van der Waals surface area contributed by atoms with Crippen LogP contribution in [-0.2, 0) is 19.6 Å². The van der Waals surface area contributed by atoms with E-state index in [0.717, 1.165) is 12.3 Å². The molecule has 2 fully saturated rings. The number of esters is 1. The minimum absolute atomic E-state index is 0.00223. The van der Waals surface area contributed by atoms with Crippen LogP contribution in [-0.4, -0.2) is 49.0 Å². The topological polar surface area (TPSA) is 114 Å². The Balaban J connectivity index is 1.92.